The summed E-state index contributed by atoms with van der Waals surface area (Å²) < 4.78 is 101. The van der Waals surface area contributed by atoms with Crippen molar-refractivity contribution in [2.24, 2.45) is 5.92 Å². The van der Waals surface area contributed by atoms with E-state index >= 15 is 0 Å². The molecule has 0 aliphatic carbocycles. The first kappa shape index (κ1) is 28.4. The van der Waals surface area contributed by atoms with E-state index in [0.717, 1.165) is 6.07 Å². The third-order valence-electron chi connectivity index (χ3n) is 6.12. The Morgan fingerprint density at radius 3 is 2.05 bits per heavy atom. The summed E-state index contributed by atoms with van der Waals surface area (Å²) in [6.07, 6.45) is -0.865. The van der Waals surface area contributed by atoms with Gasteiger partial charge in [0.2, 0.25) is 0 Å². The third kappa shape index (κ3) is 6.04. The van der Waals surface area contributed by atoms with Crippen molar-refractivity contribution in [2.45, 2.75) is 27.1 Å². The minimum Gasteiger partial charge on any atom is -0.487 e. The second-order valence-corrected chi connectivity index (χ2v) is 8.89. The van der Waals surface area contributed by atoms with E-state index in [9.17, 15) is 26.3 Å². The number of hydrogen-bond donors (Lipinski definition) is 0. The predicted molar refractivity (Wildman–Crippen MR) is 135 cm³/mol. The maximum absolute atomic E-state index is 15.0. The van der Waals surface area contributed by atoms with Crippen LogP contribution in [0.15, 0.2) is 54.6 Å². The summed E-state index contributed by atoms with van der Waals surface area (Å²) >= 11 is 0. The Balaban J connectivity index is 0.00000172. The monoisotopic (exact) mass is 548 g/mol. The number of halogens is 6. The summed E-state index contributed by atoms with van der Waals surface area (Å²) in [5.74, 6) is -7.17. The highest BCUT2D eigenvalue weighted by Crippen LogP contribution is 2.33. The highest BCUT2D eigenvalue weighted by molar-refractivity contribution is 5.88. The molecule has 1 fully saturated rings. The van der Waals surface area contributed by atoms with Gasteiger partial charge in [0, 0.05) is 22.4 Å². The standard InChI is InChI=1S/C28H20F6O3.C2H6/c1-14-6-23(31)27(24(32)7-14)35-11-15-12-36-28(37-13-15)17-3-4-19(21(29)9-17)16-2-5-20-18(8-16)10-22(30)26(34)25(20)33;1-2/h2-10,15,28H,11-13H2,1H3;1-2H3. The first-order valence-corrected chi connectivity index (χ1v) is 12.4. The van der Waals surface area contributed by atoms with E-state index in [4.69, 9.17) is 14.2 Å². The van der Waals surface area contributed by atoms with Gasteiger partial charge < -0.3 is 14.2 Å². The van der Waals surface area contributed by atoms with E-state index in [2.05, 4.69) is 0 Å². The van der Waals surface area contributed by atoms with Crippen LogP contribution in [0.25, 0.3) is 21.9 Å². The molecule has 0 amide bonds. The largest absolute Gasteiger partial charge is 0.487 e. The number of aryl methyl sites for hydroxylation is 1. The number of ether oxygens (including phenoxy) is 3. The van der Waals surface area contributed by atoms with Crippen molar-refractivity contribution in [1.82, 2.24) is 0 Å². The molecule has 1 aliphatic heterocycles. The normalized spacial score (nSPS) is 17.1. The third-order valence-corrected chi connectivity index (χ3v) is 6.12. The fraction of sp³-hybridized carbons (Fsp3) is 0.267. The van der Waals surface area contributed by atoms with Gasteiger partial charge in [0.05, 0.1) is 19.8 Å². The molecule has 0 saturated carbocycles. The summed E-state index contributed by atoms with van der Waals surface area (Å²) in [4.78, 5) is 0. The van der Waals surface area contributed by atoms with Crippen molar-refractivity contribution in [3.63, 3.8) is 0 Å². The van der Waals surface area contributed by atoms with E-state index in [1.807, 2.05) is 13.8 Å². The molecule has 1 aliphatic rings. The molecule has 3 nitrogen and oxygen atoms in total. The maximum Gasteiger partial charge on any atom is 0.195 e. The van der Waals surface area contributed by atoms with Crippen molar-refractivity contribution in [3.8, 4) is 16.9 Å². The van der Waals surface area contributed by atoms with E-state index in [0.29, 0.717) is 16.7 Å². The Kier molecular flexibility index (Phi) is 8.82. The minimum absolute atomic E-state index is 0.0377. The van der Waals surface area contributed by atoms with E-state index in [1.165, 1.54) is 42.5 Å². The molecule has 1 saturated heterocycles. The van der Waals surface area contributed by atoms with Gasteiger partial charge in [-0.1, -0.05) is 38.1 Å². The molecular weight excluding hydrogens is 522 g/mol. The van der Waals surface area contributed by atoms with Crippen LogP contribution in [0.4, 0.5) is 26.3 Å². The van der Waals surface area contributed by atoms with Crippen LogP contribution in [-0.4, -0.2) is 19.8 Å². The number of benzene rings is 4. The summed E-state index contributed by atoms with van der Waals surface area (Å²) in [7, 11) is 0. The Hall–Kier alpha value is -3.56. The maximum atomic E-state index is 15.0. The minimum atomic E-state index is -1.56. The van der Waals surface area contributed by atoms with Crippen LogP contribution in [0.2, 0.25) is 0 Å². The molecule has 0 radical (unpaired) electrons. The average Bonchev–Trinajstić information content (AvgIpc) is 2.92. The second-order valence-electron chi connectivity index (χ2n) is 8.89. The molecule has 0 N–H and O–H groups in total. The predicted octanol–water partition coefficient (Wildman–Crippen LogP) is 8.42. The van der Waals surface area contributed by atoms with Crippen molar-refractivity contribution < 1.29 is 40.6 Å². The first-order chi connectivity index (χ1) is 18.7. The van der Waals surface area contributed by atoms with Gasteiger partial charge in [0.15, 0.2) is 41.1 Å². The van der Waals surface area contributed by atoms with Gasteiger partial charge in [-0.3, -0.25) is 0 Å². The topological polar surface area (TPSA) is 27.7 Å². The molecule has 0 atom stereocenters. The van der Waals surface area contributed by atoms with E-state index in [1.54, 1.807) is 13.0 Å². The molecule has 5 rings (SSSR count). The van der Waals surface area contributed by atoms with E-state index < -0.39 is 46.9 Å². The van der Waals surface area contributed by atoms with Crippen LogP contribution < -0.4 is 4.74 Å². The van der Waals surface area contributed by atoms with Gasteiger partial charge in [-0.2, -0.15) is 0 Å². The Labute approximate surface area is 221 Å². The van der Waals surface area contributed by atoms with Gasteiger partial charge in [0.25, 0.3) is 0 Å². The van der Waals surface area contributed by atoms with Crippen LogP contribution in [0, 0.1) is 47.7 Å². The molecule has 39 heavy (non-hydrogen) atoms. The molecular formula is C30H26F6O3. The second kappa shape index (κ2) is 12.1. The first-order valence-electron chi connectivity index (χ1n) is 12.4. The molecule has 0 unspecified atom stereocenters. The molecule has 0 aromatic heterocycles. The highest BCUT2D eigenvalue weighted by atomic mass is 19.2. The molecule has 0 bridgehead atoms. The van der Waals surface area contributed by atoms with Crippen LogP contribution in [0.3, 0.4) is 0 Å². The number of rotatable bonds is 5. The zero-order valence-electron chi connectivity index (χ0n) is 21.5. The van der Waals surface area contributed by atoms with Crippen molar-refractivity contribution in [3.05, 3.63) is 101 Å². The average molecular weight is 549 g/mol. The van der Waals surface area contributed by atoms with E-state index in [-0.39, 0.29) is 42.1 Å². The Morgan fingerprint density at radius 1 is 0.744 bits per heavy atom. The van der Waals surface area contributed by atoms with Gasteiger partial charge in [0.1, 0.15) is 5.82 Å². The molecule has 206 valence electrons. The van der Waals surface area contributed by atoms with Crippen LogP contribution >= 0.6 is 0 Å². The Morgan fingerprint density at radius 2 is 1.41 bits per heavy atom. The summed E-state index contributed by atoms with van der Waals surface area (Å²) in [6, 6.07) is 11.6. The zero-order valence-corrected chi connectivity index (χ0v) is 21.5. The lowest BCUT2D eigenvalue weighted by molar-refractivity contribution is -0.208. The van der Waals surface area contributed by atoms with Crippen LogP contribution in [0.1, 0.15) is 31.3 Å². The number of fused-ring (bicyclic) bond motifs is 1. The summed E-state index contributed by atoms with van der Waals surface area (Å²) in [5.41, 5.74) is 1.35. The molecule has 9 heteroatoms. The van der Waals surface area contributed by atoms with Crippen LogP contribution in [-0.2, 0) is 9.47 Å². The fourth-order valence-corrected chi connectivity index (χ4v) is 4.24. The molecule has 0 spiro atoms. The van der Waals surface area contributed by atoms with Crippen molar-refractivity contribution >= 4 is 10.8 Å². The molecule has 4 aromatic carbocycles. The van der Waals surface area contributed by atoms with Gasteiger partial charge in [-0.25, -0.2) is 26.3 Å². The highest BCUT2D eigenvalue weighted by Gasteiger charge is 2.26. The quantitative estimate of drug-likeness (QED) is 0.185. The molecule has 1 heterocycles. The number of hydrogen-bond acceptors (Lipinski definition) is 3. The Bertz CT molecular complexity index is 1460. The SMILES string of the molecule is CC.Cc1cc(F)c(OCC2COC(c3ccc(-c4ccc5c(F)c(F)c(F)cc5c4)c(F)c3)OC2)c(F)c1. The van der Waals surface area contributed by atoms with Crippen molar-refractivity contribution in [2.75, 3.05) is 19.8 Å². The zero-order chi connectivity index (χ0) is 28.3. The smallest absolute Gasteiger partial charge is 0.195 e. The lowest BCUT2D eigenvalue weighted by Crippen LogP contribution is -2.31. The lowest BCUT2D eigenvalue weighted by atomic mass is 9.99. The van der Waals surface area contributed by atoms with Gasteiger partial charge >= 0.3 is 0 Å². The summed E-state index contributed by atoms with van der Waals surface area (Å²) in [5, 5.41) is -0.0231. The van der Waals surface area contributed by atoms with Gasteiger partial charge in [-0.15, -0.1) is 0 Å². The summed E-state index contributed by atoms with van der Waals surface area (Å²) in [6.45, 7) is 5.84. The molecule has 4 aromatic rings. The lowest BCUT2D eigenvalue weighted by Gasteiger charge is -2.29. The van der Waals surface area contributed by atoms with Gasteiger partial charge in [-0.05, 0) is 53.8 Å². The van der Waals surface area contributed by atoms with Crippen molar-refractivity contribution in [1.29, 1.82) is 0 Å². The fourth-order valence-electron chi connectivity index (χ4n) is 4.24. The van der Waals surface area contributed by atoms with Crippen LogP contribution in [0.5, 0.6) is 5.75 Å².